The van der Waals surface area contributed by atoms with E-state index in [1.807, 2.05) is 0 Å². The van der Waals surface area contributed by atoms with Crippen molar-refractivity contribution in [3.63, 3.8) is 0 Å². The van der Waals surface area contributed by atoms with Gasteiger partial charge in [0.1, 0.15) is 23.0 Å². The molecule has 2 heterocycles. The fourth-order valence-corrected chi connectivity index (χ4v) is 1.74. The Kier molecular flexibility index (Phi) is 2.90. The average molecular weight is 277 g/mol. The van der Waals surface area contributed by atoms with Crippen LogP contribution in [-0.2, 0) is 6.42 Å². The van der Waals surface area contributed by atoms with Crippen molar-refractivity contribution in [2.45, 2.75) is 6.42 Å². The highest BCUT2D eigenvalue weighted by atomic mass is 19.1. The van der Waals surface area contributed by atoms with Crippen molar-refractivity contribution in [3.05, 3.63) is 47.4 Å². The fourth-order valence-electron chi connectivity index (χ4n) is 1.74. The minimum Gasteiger partial charge on any atom is -0.383 e. The number of aromatic amines is 1. The molecule has 0 aliphatic carbocycles. The van der Waals surface area contributed by atoms with Crippen LogP contribution in [0.4, 0.5) is 14.6 Å². The molecule has 3 rings (SSSR count). The maximum Gasteiger partial charge on any atom is 0.263 e. The Labute approximate surface area is 111 Å². The van der Waals surface area contributed by atoms with Crippen LogP contribution in [0.15, 0.2) is 28.9 Å². The molecule has 0 bridgehead atoms. The second-order valence-electron chi connectivity index (χ2n) is 4.13. The fraction of sp³-hybridized carbons (Fsp3) is 0.0833. The largest absolute Gasteiger partial charge is 0.383 e. The van der Waals surface area contributed by atoms with E-state index in [1.165, 1.54) is 18.3 Å². The minimum absolute atomic E-state index is 0.0906. The summed E-state index contributed by atoms with van der Waals surface area (Å²) in [5.74, 6) is -0.529. The van der Waals surface area contributed by atoms with E-state index in [4.69, 9.17) is 10.3 Å². The van der Waals surface area contributed by atoms with Gasteiger partial charge in [-0.3, -0.25) is 5.10 Å². The molecule has 0 aliphatic heterocycles. The van der Waals surface area contributed by atoms with Crippen LogP contribution < -0.4 is 5.73 Å². The van der Waals surface area contributed by atoms with Crippen LogP contribution in [0.5, 0.6) is 0 Å². The topological polar surface area (TPSA) is 93.6 Å². The van der Waals surface area contributed by atoms with Crippen molar-refractivity contribution in [2.75, 3.05) is 5.73 Å². The van der Waals surface area contributed by atoms with Crippen LogP contribution in [0.2, 0.25) is 0 Å². The number of nitrogens with two attached hydrogens (primary N) is 1. The molecule has 3 N–H and O–H groups in total. The van der Waals surface area contributed by atoms with Gasteiger partial charge in [0, 0.05) is 12.5 Å². The Morgan fingerprint density at radius 2 is 2.15 bits per heavy atom. The molecular formula is C12H9F2N5O. The van der Waals surface area contributed by atoms with E-state index in [2.05, 4.69) is 20.3 Å². The Morgan fingerprint density at radius 3 is 2.85 bits per heavy atom. The third-order valence-corrected chi connectivity index (χ3v) is 2.73. The van der Waals surface area contributed by atoms with E-state index in [0.29, 0.717) is 11.4 Å². The quantitative estimate of drug-likeness (QED) is 0.762. The molecule has 0 unspecified atom stereocenters. The number of hydrogen-bond donors (Lipinski definition) is 2. The van der Waals surface area contributed by atoms with E-state index in [0.717, 1.165) is 6.07 Å². The molecule has 102 valence electrons. The number of halogens is 2. The van der Waals surface area contributed by atoms with Gasteiger partial charge >= 0.3 is 0 Å². The van der Waals surface area contributed by atoms with Crippen LogP contribution in [0.3, 0.4) is 0 Å². The summed E-state index contributed by atoms with van der Waals surface area (Å²) in [6.45, 7) is 0. The first-order valence-corrected chi connectivity index (χ1v) is 5.69. The Balaban J connectivity index is 1.86. The van der Waals surface area contributed by atoms with Crippen molar-refractivity contribution in [3.8, 4) is 11.5 Å². The minimum atomic E-state index is -0.654. The highest BCUT2D eigenvalue weighted by Crippen LogP contribution is 2.22. The standard InChI is InChI=1S/C12H9F2N5O/c13-7-2-1-6(9(14)4-7)3-10-17-12(20-19-10)8-5-16-18-11(8)15/h1-2,4-5H,3H2,(H3,15,16,18). The number of rotatable bonds is 3. The van der Waals surface area contributed by atoms with Crippen molar-refractivity contribution >= 4 is 5.82 Å². The zero-order valence-electron chi connectivity index (χ0n) is 10.1. The number of anilines is 1. The summed E-state index contributed by atoms with van der Waals surface area (Å²) in [7, 11) is 0. The Hall–Kier alpha value is -2.77. The summed E-state index contributed by atoms with van der Waals surface area (Å²) in [6, 6.07) is 3.32. The van der Waals surface area contributed by atoms with Crippen LogP contribution in [0.25, 0.3) is 11.5 Å². The van der Waals surface area contributed by atoms with Gasteiger partial charge in [-0.25, -0.2) is 8.78 Å². The number of nitrogen functional groups attached to an aromatic ring is 1. The lowest BCUT2D eigenvalue weighted by atomic mass is 10.1. The molecule has 0 radical (unpaired) electrons. The van der Waals surface area contributed by atoms with Crippen molar-refractivity contribution in [2.24, 2.45) is 0 Å². The molecule has 8 heteroatoms. The van der Waals surface area contributed by atoms with Crippen molar-refractivity contribution in [1.29, 1.82) is 0 Å². The number of benzene rings is 1. The SMILES string of the molecule is Nc1[nH]ncc1-c1nc(Cc2ccc(F)cc2F)no1. The lowest BCUT2D eigenvalue weighted by Gasteiger charge is -1.98. The molecule has 0 aliphatic rings. The predicted molar refractivity (Wildman–Crippen MR) is 65.5 cm³/mol. The lowest BCUT2D eigenvalue weighted by molar-refractivity contribution is 0.423. The van der Waals surface area contributed by atoms with Gasteiger partial charge in [0.25, 0.3) is 5.89 Å². The van der Waals surface area contributed by atoms with Gasteiger partial charge in [0.05, 0.1) is 6.20 Å². The molecule has 0 spiro atoms. The van der Waals surface area contributed by atoms with E-state index < -0.39 is 11.6 Å². The first kappa shape index (κ1) is 12.3. The first-order chi connectivity index (χ1) is 9.63. The molecule has 0 saturated heterocycles. The van der Waals surface area contributed by atoms with Crippen LogP contribution in [-0.4, -0.2) is 20.3 Å². The normalized spacial score (nSPS) is 10.9. The van der Waals surface area contributed by atoms with Crippen LogP contribution >= 0.6 is 0 Å². The second-order valence-corrected chi connectivity index (χ2v) is 4.13. The molecule has 6 nitrogen and oxygen atoms in total. The number of hydrogen-bond acceptors (Lipinski definition) is 5. The molecule has 0 atom stereocenters. The first-order valence-electron chi connectivity index (χ1n) is 5.69. The smallest absolute Gasteiger partial charge is 0.263 e. The Morgan fingerprint density at radius 1 is 1.30 bits per heavy atom. The number of nitrogens with zero attached hydrogens (tertiary/aromatic N) is 3. The van der Waals surface area contributed by atoms with Gasteiger partial charge in [0.2, 0.25) is 0 Å². The number of H-pyrrole nitrogens is 1. The van der Waals surface area contributed by atoms with E-state index >= 15 is 0 Å². The van der Waals surface area contributed by atoms with E-state index in [-0.39, 0.29) is 23.7 Å². The van der Waals surface area contributed by atoms with E-state index in [9.17, 15) is 8.78 Å². The average Bonchev–Trinajstić information content (AvgIpc) is 3.01. The van der Waals surface area contributed by atoms with Crippen LogP contribution in [0, 0.1) is 11.6 Å². The van der Waals surface area contributed by atoms with Gasteiger partial charge in [-0.05, 0) is 11.6 Å². The van der Waals surface area contributed by atoms with Gasteiger partial charge in [-0.15, -0.1) is 0 Å². The molecule has 0 saturated carbocycles. The molecule has 1 aromatic carbocycles. The summed E-state index contributed by atoms with van der Waals surface area (Å²) < 4.78 is 31.4. The molecule has 0 fully saturated rings. The number of nitrogens with one attached hydrogen (secondary N) is 1. The third kappa shape index (κ3) is 2.22. The third-order valence-electron chi connectivity index (χ3n) is 2.73. The Bertz CT molecular complexity index is 752. The molecule has 3 aromatic rings. The molecule has 20 heavy (non-hydrogen) atoms. The summed E-state index contributed by atoms with van der Waals surface area (Å²) in [5.41, 5.74) is 6.38. The monoisotopic (exact) mass is 277 g/mol. The summed E-state index contributed by atoms with van der Waals surface area (Å²) >= 11 is 0. The van der Waals surface area contributed by atoms with Crippen molar-refractivity contribution < 1.29 is 13.3 Å². The highest BCUT2D eigenvalue weighted by Gasteiger charge is 2.15. The predicted octanol–water partition coefficient (Wildman–Crippen LogP) is 1.91. The molecule has 2 aromatic heterocycles. The molecule has 0 amide bonds. The van der Waals surface area contributed by atoms with Gasteiger partial charge < -0.3 is 10.3 Å². The van der Waals surface area contributed by atoms with Crippen molar-refractivity contribution in [1.82, 2.24) is 20.3 Å². The van der Waals surface area contributed by atoms with Gasteiger partial charge in [-0.2, -0.15) is 10.1 Å². The van der Waals surface area contributed by atoms with Gasteiger partial charge in [0.15, 0.2) is 5.82 Å². The summed E-state index contributed by atoms with van der Waals surface area (Å²) in [6.07, 6.45) is 1.54. The van der Waals surface area contributed by atoms with Gasteiger partial charge in [-0.1, -0.05) is 11.2 Å². The maximum atomic E-state index is 13.5. The zero-order valence-corrected chi connectivity index (χ0v) is 10.1. The van der Waals surface area contributed by atoms with E-state index in [1.54, 1.807) is 0 Å². The summed E-state index contributed by atoms with van der Waals surface area (Å²) in [4.78, 5) is 4.09. The highest BCUT2D eigenvalue weighted by molar-refractivity contribution is 5.65. The molecular weight excluding hydrogens is 268 g/mol. The zero-order chi connectivity index (χ0) is 14.1. The summed E-state index contributed by atoms with van der Waals surface area (Å²) in [5, 5.41) is 10.0. The number of aromatic nitrogens is 4. The second kappa shape index (κ2) is 4.72. The lowest BCUT2D eigenvalue weighted by Crippen LogP contribution is -1.95. The maximum absolute atomic E-state index is 13.5. The van der Waals surface area contributed by atoms with Crippen LogP contribution in [0.1, 0.15) is 11.4 Å².